The number of benzene rings is 1. The fourth-order valence-electron chi connectivity index (χ4n) is 1.36. The van der Waals surface area contributed by atoms with E-state index in [2.05, 4.69) is 26.6 Å². The van der Waals surface area contributed by atoms with E-state index < -0.39 is 4.95 Å². The summed E-state index contributed by atoms with van der Waals surface area (Å²) < 4.78 is 0. The minimum Gasteiger partial charge on any atom is -0.347 e. The van der Waals surface area contributed by atoms with Crippen molar-refractivity contribution in [3.63, 3.8) is 0 Å². The summed E-state index contributed by atoms with van der Waals surface area (Å²) in [5.74, 6) is -0.522. The maximum Gasteiger partial charge on any atom is 0.254 e. The maximum absolute atomic E-state index is 11.7. The quantitative estimate of drug-likeness (QED) is 0.657. The summed E-state index contributed by atoms with van der Waals surface area (Å²) in [6, 6.07) is 9.52. The van der Waals surface area contributed by atoms with Crippen LogP contribution < -0.4 is 10.6 Å². The van der Waals surface area contributed by atoms with E-state index in [4.69, 9.17) is 0 Å². The molecular weight excluding hydrogens is 284 g/mol. The highest BCUT2D eigenvalue weighted by Gasteiger charge is 2.17. The Bertz CT molecular complexity index is 395. The first-order chi connectivity index (χ1) is 8.00. The Kier molecular flexibility index (Phi) is 5.15. The molecule has 0 saturated heterocycles. The van der Waals surface area contributed by atoms with Gasteiger partial charge < -0.3 is 10.6 Å². The van der Waals surface area contributed by atoms with Crippen molar-refractivity contribution in [3.8, 4) is 0 Å². The van der Waals surface area contributed by atoms with Crippen LogP contribution in [0.15, 0.2) is 30.3 Å². The highest BCUT2D eigenvalue weighted by Crippen LogP contribution is 2.11. The van der Waals surface area contributed by atoms with Gasteiger partial charge in [0.15, 0.2) is 4.95 Å². The van der Waals surface area contributed by atoms with Crippen molar-refractivity contribution in [2.24, 2.45) is 0 Å². The van der Waals surface area contributed by atoms with Crippen molar-refractivity contribution in [1.29, 1.82) is 0 Å². The molecule has 0 saturated carbocycles. The van der Waals surface area contributed by atoms with Gasteiger partial charge in [0.05, 0.1) is 6.04 Å². The number of nitrogens with one attached hydrogen (secondary N) is 2. The molecule has 2 N–H and O–H groups in total. The van der Waals surface area contributed by atoms with Gasteiger partial charge in [-0.2, -0.15) is 0 Å². The third-order valence-corrected chi connectivity index (χ3v) is 2.86. The molecule has 0 aliphatic heterocycles. The Hall–Kier alpha value is -1.36. The number of halogens is 1. The highest BCUT2D eigenvalue weighted by atomic mass is 79.9. The summed E-state index contributed by atoms with van der Waals surface area (Å²) in [5, 5.41) is 5.27. The highest BCUT2D eigenvalue weighted by molar-refractivity contribution is 9.10. The molecule has 2 amide bonds. The minimum atomic E-state index is -0.703. The van der Waals surface area contributed by atoms with E-state index in [-0.39, 0.29) is 17.9 Å². The largest absolute Gasteiger partial charge is 0.347 e. The zero-order valence-corrected chi connectivity index (χ0v) is 11.3. The molecule has 0 aliphatic rings. The molecule has 92 valence electrons. The Morgan fingerprint density at radius 3 is 2.29 bits per heavy atom. The molecule has 1 aromatic carbocycles. The molecule has 0 heterocycles. The van der Waals surface area contributed by atoms with Crippen LogP contribution in [-0.2, 0) is 9.59 Å². The third-order valence-electron chi connectivity index (χ3n) is 2.22. The minimum absolute atomic E-state index is 0.0995. The number of carbonyl (C=O) groups excluding carboxylic acids is 2. The van der Waals surface area contributed by atoms with Gasteiger partial charge >= 0.3 is 0 Å². The lowest BCUT2D eigenvalue weighted by Gasteiger charge is -2.17. The third kappa shape index (κ3) is 4.56. The van der Waals surface area contributed by atoms with Crippen molar-refractivity contribution in [2.45, 2.75) is 24.8 Å². The van der Waals surface area contributed by atoms with Crippen LogP contribution in [0, 0.1) is 0 Å². The molecule has 2 unspecified atom stereocenters. The Morgan fingerprint density at radius 1 is 1.18 bits per heavy atom. The molecule has 0 aromatic heterocycles. The number of rotatable bonds is 4. The molecule has 1 aromatic rings. The van der Waals surface area contributed by atoms with Crippen molar-refractivity contribution in [2.75, 3.05) is 0 Å². The smallest absolute Gasteiger partial charge is 0.254 e. The summed E-state index contributed by atoms with van der Waals surface area (Å²) in [5.41, 5.74) is 1.02. The Labute approximate surface area is 109 Å². The first kappa shape index (κ1) is 13.7. The van der Waals surface area contributed by atoms with Gasteiger partial charge in [0.2, 0.25) is 5.91 Å². The van der Waals surface area contributed by atoms with Crippen LogP contribution in [0.4, 0.5) is 0 Å². The summed E-state index contributed by atoms with van der Waals surface area (Å²) in [6.07, 6.45) is 0. The molecule has 17 heavy (non-hydrogen) atoms. The zero-order valence-electron chi connectivity index (χ0n) is 9.74. The van der Waals surface area contributed by atoms with Crippen molar-refractivity contribution >= 4 is 27.7 Å². The van der Waals surface area contributed by atoms with E-state index in [1.807, 2.05) is 37.3 Å². The van der Waals surface area contributed by atoms with E-state index >= 15 is 0 Å². The molecule has 4 nitrogen and oxygen atoms in total. The van der Waals surface area contributed by atoms with Gasteiger partial charge in [-0.1, -0.05) is 46.3 Å². The van der Waals surface area contributed by atoms with Gasteiger partial charge in [0, 0.05) is 6.92 Å². The predicted molar refractivity (Wildman–Crippen MR) is 69.5 cm³/mol. The first-order valence-electron chi connectivity index (χ1n) is 5.27. The Morgan fingerprint density at radius 2 is 1.76 bits per heavy atom. The second kappa shape index (κ2) is 6.39. The van der Waals surface area contributed by atoms with Crippen molar-refractivity contribution in [1.82, 2.24) is 10.6 Å². The average Bonchev–Trinajstić information content (AvgIpc) is 2.29. The average molecular weight is 299 g/mol. The van der Waals surface area contributed by atoms with Gasteiger partial charge in [0.1, 0.15) is 0 Å². The van der Waals surface area contributed by atoms with Gasteiger partial charge in [-0.15, -0.1) is 0 Å². The summed E-state index contributed by atoms with van der Waals surface area (Å²) in [6.45, 7) is 3.25. The fourth-order valence-corrected chi connectivity index (χ4v) is 1.81. The molecule has 0 radical (unpaired) electrons. The van der Waals surface area contributed by atoms with Crippen LogP contribution in [-0.4, -0.2) is 16.8 Å². The lowest BCUT2D eigenvalue weighted by molar-refractivity contribution is -0.126. The maximum atomic E-state index is 11.7. The number of carbonyl (C=O) groups is 2. The SMILES string of the molecule is CC(=O)NC(Br)C(=O)NC(C)c1ccccc1. The number of hydrogen-bond donors (Lipinski definition) is 2. The molecule has 2 atom stereocenters. The first-order valence-corrected chi connectivity index (χ1v) is 6.18. The molecule has 1 rings (SSSR count). The van der Waals surface area contributed by atoms with Crippen molar-refractivity contribution in [3.05, 3.63) is 35.9 Å². The van der Waals surface area contributed by atoms with Crippen LogP contribution in [0.2, 0.25) is 0 Å². The molecule has 0 spiro atoms. The van der Waals surface area contributed by atoms with Gasteiger partial charge in [-0.3, -0.25) is 9.59 Å². The van der Waals surface area contributed by atoms with Gasteiger partial charge in [-0.05, 0) is 12.5 Å². The zero-order chi connectivity index (χ0) is 12.8. The molecule has 0 fully saturated rings. The van der Waals surface area contributed by atoms with E-state index in [0.29, 0.717) is 0 Å². The number of amides is 2. The second-order valence-electron chi connectivity index (χ2n) is 3.70. The summed E-state index contributed by atoms with van der Waals surface area (Å²) >= 11 is 3.10. The molecule has 0 aliphatic carbocycles. The molecule has 5 heteroatoms. The topological polar surface area (TPSA) is 58.2 Å². The lowest BCUT2D eigenvalue weighted by atomic mass is 10.1. The molecule has 0 bridgehead atoms. The number of hydrogen-bond acceptors (Lipinski definition) is 2. The van der Waals surface area contributed by atoms with Crippen LogP contribution in [0.1, 0.15) is 25.5 Å². The van der Waals surface area contributed by atoms with Crippen LogP contribution in [0.25, 0.3) is 0 Å². The van der Waals surface area contributed by atoms with E-state index in [1.165, 1.54) is 6.92 Å². The van der Waals surface area contributed by atoms with E-state index in [9.17, 15) is 9.59 Å². The van der Waals surface area contributed by atoms with Gasteiger partial charge in [0.25, 0.3) is 5.91 Å². The van der Waals surface area contributed by atoms with Crippen LogP contribution in [0.3, 0.4) is 0 Å². The summed E-state index contributed by atoms with van der Waals surface area (Å²) in [4.78, 5) is 21.8. The summed E-state index contributed by atoms with van der Waals surface area (Å²) in [7, 11) is 0. The second-order valence-corrected chi connectivity index (χ2v) is 4.62. The standard InChI is InChI=1S/C12H15BrN2O2/c1-8(10-6-4-3-5-7-10)14-12(17)11(13)15-9(2)16/h3-8,11H,1-2H3,(H,14,17)(H,15,16). The normalized spacial score (nSPS) is 13.6. The van der Waals surface area contributed by atoms with Crippen LogP contribution in [0.5, 0.6) is 0 Å². The Balaban J connectivity index is 2.54. The van der Waals surface area contributed by atoms with E-state index in [1.54, 1.807) is 0 Å². The lowest BCUT2D eigenvalue weighted by Crippen LogP contribution is -2.42. The molecular formula is C12H15BrN2O2. The monoisotopic (exact) mass is 298 g/mol. The van der Waals surface area contributed by atoms with E-state index in [0.717, 1.165) is 5.56 Å². The fraction of sp³-hybridized carbons (Fsp3) is 0.333. The number of alkyl halides is 1. The predicted octanol–water partition coefficient (Wildman–Crippen LogP) is 1.72. The van der Waals surface area contributed by atoms with Crippen molar-refractivity contribution < 1.29 is 9.59 Å². The van der Waals surface area contributed by atoms with Gasteiger partial charge in [-0.25, -0.2) is 0 Å². The van der Waals surface area contributed by atoms with Crippen LogP contribution >= 0.6 is 15.9 Å².